The number of aromatic hydroxyl groups is 1. The van der Waals surface area contributed by atoms with Crippen LogP contribution in [0.4, 0.5) is 0 Å². The Morgan fingerprint density at radius 3 is 1.93 bits per heavy atom. The number of rotatable bonds is 6. The Balaban J connectivity index is 2.23. The van der Waals surface area contributed by atoms with Gasteiger partial charge in [0.15, 0.2) is 6.29 Å². The van der Waals surface area contributed by atoms with Crippen LogP contribution in [0.5, 0.6) is 11.5 Å². The summed E-state index contributed by atoms with van der Waals surface area (Å²) in [5, 5.41) is 12.6. The number of aldehydes is 1. The average molecular weight is 424 g/mol. The monoisotopic (exact) mass is 423 g/mol. The molecule has 0 spiro atoms. The van der Waals surface area contributed by atoms with Crippen molar-refractivity contribution in [2.75, 3.05) is 0 Å². The number of halogens is 1. The molecule has 3 aromatic rings. The number of carbonyl (C=O) groups is 1. The Morgan fingerprint density at radius 1 is 1.00 bits per heavy atom. The molecule has 0 unspecified atom stereocenters. The van der Waals surface area contributed by atoms with E-state index in [-0.39, 0.29) is 22.6 Å². The van der Waals surface area contributed by atoms with Gasteiger partial charge in [0.2, 0.25) is 0 Å². The van der Waals surface area contributed by atoms with Crippen molar-refractivity contribution in [3.05, 3.63) is 83.4 Å². The van der Waals surface area contributed by atoms with Crippen molar-refractivity contribution < 1.29 is 14.3 Å². The summed E-state index contributed by atoms with van der Waals surface area (Å²) >= 11 is 6.25. The number of phenolic OH excluding ortho intramolecular Hbond substituents is 1. The molecule has 0 saturated heterocycles. The number of alkyl halides is 1. The van der Waals surface area contributed by atoms with E-state index in [2.05, 4.69) is 24.3 Å². The predicted molar refractivity (Wildman–Crippen MR) is 120 cm³/mol. The van der Waals surface area contributed by atoms with Crippen LogP contribution < -0.4 is 14.8 Å². The van der Waals surface area contributed by atoms with Gasteiger partial charge < -0.3 is 9.53 Å². The number of benzene rings is 3. The molecule has 0 amide bonds. The lowest BCUT2D eigenvalue weighted by Crippen LogP contribution is -2.48. The maximum Gasteiger partial charge on any atom is 0.352 e. The Morgan fingerprint density at radius 2 is 1.52 bits per heavy atom. The molecule has 0 aliphatic heterocycles. The van der Waals surface area contributed by atoms with Crippen molar-refractivity contribution >= 4 is 37.3 Å². The molecule has 3 aromatic carbocycles. The molecule has 29 heavy (non-hydrogen) atoms. The van der Waals surface area contributed by atoms with E-state index in [0.717, 1.165) is 15.9 Å². The van der Waals surface area contributed by atoms with Gasteiger partial charge in [0.05, 0.1) is 11.4 Å². The first-order valence-corrected chi connectivity index (χ1v) is 11.4. The lowest BCUT2D eigenvalue weighted by atomic mass is 9.84. The van der Waals surface area contributed by atoms with E-state index in [4.69, 9.17) is 16.0 Å². The van der Waals surface area contributed by atoms with E-state index in [1.54, 1.807) is 6.07 Å². The average Bonchev–Trinajstić information content (AvgIpc) is 2.72. The summed E-state index contributed by atoms with van der Waals surface area (Å²) in [6, 6.07) is 21.8. The third kappa shape index (κ3) is 4.55. The number of hydrogen-bond donors (Lipinski definition) is 1. The van der Waals surface area contributed by atoms with Gasteiger partial charge in [0.1, 0.15) is 11.5 Å². The molecule has 1 N–H and O–H groups in total. The van der Waals surface area contributed by atoms with E-state index in [9.17, 15) is 9.90 Å². The maximum absolute atomic E-state index is 11.7. The molecule has 3 rings (SSSR count). The van der Waals surface area contributed by atoms with Crippen LogP contribution in [-0.2, 0) is 11.3 Å². The standard InChI is InChI=1S/C24H24ClO3Si/c1-24(2,3)21-14-22(27)20(16-26)19(15-25)23(21)28-29(17-10-6-4-7-11-17)18-12-8-5-9-13-18/h4-14,16,27H,15H2,1-3H3. The summed E-state index contributed by atoms with van der Waals surface area (Å²) in [5.74, 6) is 0.592. The first-order chi connectivity index (χ1) is 13.9. The molecular formula is C24H24ClO3Si. The number of hydrogen-bond acceptors (Lipinski definition) is 3. The van der Waals surface area contributed by atoms with Gasteiger partial charge in [0.25, 0.3) is 0 Å². The van der Waals surface area contributed by atoms with Crippen molar-refractivity contribution in [1.29, 1.82) is 0 Å². The quantitative estimate of drug-likeness (QED) is 0.362. The molecule has 1 radical (unpaired) electrons. The smallest absolute Gasteiger partial charge is 0.352 e. The van der Waals surface area contributed by atoms with Crippen LogP contribution in [0.25, 0.3) is 0 Å². The van der Waals surface area contributed by atoms with Gasteiger partial charge in [-0.3, -0.25) is 4.79 Å². The number of phenols is 1. The molecular weight excluding hydrogens is 400 g/mol. The second-order valence-corrected chi connectivity index (χ2v) is 10.1. The summed E-state index contributed by atoms with van der Waals surface area (Å²) in [6.07, 6.45) is 0.643. The molecule has 0 bridgehead atoms. The fourth-order valence-electron chi connectivity index (χ4n) is 3.22. The highest BCUT2D eigenvalue weighted by Gasteiger charge is 2.30. The van der Waals surface area contributed by atoms with Gasteiger partial charge in [-0.1, -0.05) is 81.4 Å². The van der Waals surface area contributed by atoms with Gasteiger partial charge in [-0.25, -0.2) is 0 Å². The Labute approximate surface area is 178 Å². The zero-order valence-corrected chi connectivity index (χ0v) is 18.5. The Kier molecular flexibility index (Phi) is 6.45. The van der Waals surface area contributed by atoms with Crippen molar-refractivity contribution in [3.8, 4) is 11.5 Å². The first kappa shape index (κ1) is 21.2. The molecule has 0 fully saturated rings. The lowest BCUT2D eigenvalue weighted by molar-refractivity contribution is 0.112. The third-order valence-electron chi connectivity index (χ3n) is 4.74. The minimum Gasteiger partial charge on any atom is -0.532 e. The van der Waals surface area contributed by atoms with Crippen molar-refractivity contribution in [1.82, 2.24) is 0 Å². The predicted octanol–water partition coefficient (Wildman–Crippen LogP) is 4.43. The van der Waals surface area contributed by atoms with E-state index in [0.29, 0.717) is 17.6 Å². The summed E-state index contributed by atoms with van der Waals surface area (Å²) < 4.78 is 6.71. The fourth-order valence-corrected chi connectivity index (χ4v) is 5.49. The maximum atomic E-state index is 11.7. The highest BCUT2D eigenvalue weighted by Crippen LogP contribution is 2.40. The molecule has 149 valence electrons. The second kappa shape index (κ2) is 8.85. The van der Waals surface area contributed by atoms with Crippen LogP contribution in [0.15, 0.2) is 66.7 Å². The van der Waals surface area contributed by atoms with Crippen LogP contribution >= 0.6 is 11.6 Å². The summed E-state index contributed by atoms with van der Waals surface area (Å²) in [5.41, 5.74) is 1.23. The lowest BCUT2D eigenvalue weighted by Gasteiger charge is -2.28. The first-order valence-electron chi connectivity index (χ1n) is 9.43. The van der Waals surface area contributed by atoms with E-state index in [1.807, 2.05) is 57.2 Å². The Hall–Kier alpha value is -2.56. The zero-order chi connectivity index (χ0) is 21.0. The molecule has 0 aliphatic carbocycles. The molecule has 0 heterocycles. The minimum atomic E-state index is -1.66. The minimum absolute atomic E-state index is 0.0684. The van der Waals surface area contributed by atoms with Gasteiger partial charge in [-0.2, -0.15) is 0 Å². The van der Waals surface area contributed by atoms with Crippen molar-refractivity contribution in [3.63, 3.8) is 0 Å². The van der Waals surface area contributed by atoms with Crippen molar-refractivity contribution in [2.24, 2.45) is 0 Å². The molecule has 0 saturated carbocycles. The van der Waals surface area contributed by atoms with Crippen molar-refractivity contribution in [2.45, 2.75) is 32.1 Å². The van der Waals surface area contributed by atoms with Gasteiger partial charge in [-0.15, -0.1) is 11.6 Å². The summed E-state index contributed by atoms with van der Waals surface area (Å²) in [4.78, 5) is 11.7. The number of carbonyl (C=O) groups excluding carboxylic acids is 1. The van der Waals surface area contributed by atoms with Gasteiger partial charge >= 0.3 is 9.04 Å². The summed E-state index contributed by atoms with van der Waals surface area (Å²) in [7, 11) is -1.66. The topological polar surface area (TPSA) is 46.5 Å². The van der Waals surface area contributed by atoms with Crippen LogP contribution in [0.2, 0.25) is 0 Å². The SMILES string of the molecule is CC(C)(C)c1cc(O)c(C=O)c(CCl)c1O[Si](c1ccccc1)c1ccccc1. The highest BCUT2D eigenvalue weighted by atomic mass is 35.5. The van der Waals surface area contributed by atoms with Gasteiger partial charge in [-0.05, 0) is 21.9 Å². The normalized spacial score (nSPS) is 11.5. The van der Waals surface area contributed by atoms with Crippen LogP contribution in [0.3, 0.4) is 0 Å². The third-order valence-corrected chi connectivity index (χ3v) is 7.13. The van der Waals surface area contributed by atoms with Crippen LogP contribution in [0.1, 0.15) is 42.3 Å². The largest absolute Gasteiger partial charge is 0.532 e. The molecule has 0 aromatic heterocycles. The molecule has 3 nitrogen and oxygen atoms in total. The molecule has 0 aliphatic rings. The highest BCUT2D eigenvalue weighted by molar-refractivity contribution is 6.80. The van der Waals surface area contributed by atoms with Crippen LogP contribution in [-0.4, -0.2) is 20.4 Å². The molecule has 5 heteroatoms. The van der Waals surface area contributed by atoms with E-state index < -0.39 is 9.04 Å². The van der Waals surface area contributed by atoms with Gasteiger partial charge in [0, 0.05) is 11.1 Å². The van der Waals surface area contributed by atoms with E-state index >= 15 is 0 Å². The zero-order valence-electron chi connectivity index (χ0n) is 16.8. The fraction of sp³-hybridized carbons (Fsp3) is 0.208. The van der Waals surface area contributed by atoms with Crippen LogP contribution in [0, 0.1) is 0 Å². The molecule has 0 atom stereocenters. The van der Waals surface area contributed by atoms with E-state index in [1.165, 1.54) is 0 Å². The second-order valence-electron chi connectivity index (χ2n) is 7.83. The summed E-state index contributed by atoms with van der Waals surface area (Å²) in [6.45, 7) is 6.14. The Bertz CT molecular complexity index is 943.